The van der Waals surface area contributed by atoms with Crippen molar-refractivity contribution in [2.75, 3.05) is 18.5 Å². The van der Waals surface area contributed by atoms with E-state index in [-0.39, 0.29) is 22.7 Å². The van der Waals surface area contributed by atoms with Crippen LogP contribution in [0.3, 0.4) is 0 Å². The van der Waals surface area contributed by atoms with Crippen LogP contribution in [0.2, 0.25) is 0 Å². The van der Waals surface area contributed by atoms with Crippen LogP contribution in [0.1, 0.15) is 27.0 Å². The highest BCUT2D eigenvalue weighted by Crippen LogP contribution is 2.36. The number of nitrogens with zero attached hydrogens (tertiary/aromatic N) is 3. The minimum absolute atomic E-state index is 0.0338. The molecule has 0 aliphatic rings. The first-order valence-corrected chi connectivity index (χ1v) is 16.0. The Bertz CT molecular complexity index is 2110. The molecule has 0 saturated carbocycles. The highest BCUT2D eigenvalue weighted by atomic mass is 32.2. The molecule has 2 N–H and O–H groups in total. The molecule has 9 nitrogen and oxygen atoms in total. The Balaban J connectivity index is 1.54. The number of phenols is 1. The number of carbonyl (C=O) groups excluding carboxylic acids is 1. The lowest BCUT2D eigenvalue weighted by atomic mass is 9.90. The zero-order valence-corrected chi connectivity index (χ0v) is 26.5. The van der Waals surface area contributed by atoms with E-state index in [2.05, 4.69) is 6.07 Å². The van der Waals surface area contributed by atoms with Crippen LogP contribution in [0, 0.1) is 18.3 Å². The van der Waals surface area contributed by atoms with E-state index in [4.69, 9.17) is 0 Å². The summed E-state index contributed by atoms with van der Waals surface area (Å²) in [7, 11) is -2.71. The minimum atomic E-state index is -4.02. The molecule has 47 heavy (non-hydrogen) atoms. The number of hydrogen-bond donors (Lipinski definition) is 2. The molecule has 5 aromatic rings. The van der Waals surface area contributed by atoms with Crippen molar-refractivity contribution in [3.05, 3.63) is 138 Å². The van der Waals surface area contributed by atoms with Crippen LogP contribution in [0.4, 0.5) is 5.69 Å². The maximum absolute atomic E-state index is 13.9. The number of benzene rings is 5. The summed E-state index contributed by atoms with van der Waals surface area (Å²) < 4.78 is 27.6. The van der Waals surface area contributed by atoms with Crippen molar-refractivity contribution in [3.63, 3.8) is 0 Å². The van der Waals surface area contributed by atoms with Gasteiger partial charge in [-0.2, -0.15) is 9.57 Å². The fourth-order valence-electron chi connectivity index (χ4n) is 5.27. The standard InChI is InChI=1S/C37H31N3O6S/c1-25-14-17-31(18-15-25)47(45,46)39(2)24-35(42)40(30-16-19-33(37(43)44)34(41)21-30)23-26-8-6-11-28(20-26)36-29(22-38)12-7-13-32(36)27-9-4-3-5-10-27/h3-21,41H,23-24H2,1-2H3,(H,43,44). The predicted octanol–water partition coefficient (Wildman–Crippen LogP) is 6.46. The summed E-state index contributed by atoms with van der Waals surface area (Å²) in [5.74, 6) is -2.50. The predicted molar refractivity (Wildman–Crippen MR) is 179 cm³/mol. The van der Waals surface area contributed by atoms with Crippen LogP contribution in [-0.2, 0) is 21.4 Å². The fraction of sp³-hybridized carbons (Fsp3) is 0.108. The number of sulfonamides is 1. The van der Waals surface area contributed by atoms with Gasteiger partial charge in [0.25, 0.3) is 0 Å². The molecule has 0 radical (unpaired) electrons. The molecular weight excluding hydrogens is 614 g/mol. The molecule has 0 saturated heterocycles. The van der Waals surface area contributed by atoms with Gasteiger partial charge in [0.15, 0.2) is 0 Å². The van der Waals surface area contributed by atoms with Gasteiger partial charge in [-0.1, -0.05) is 78.4 Å². The molecular formula is C37H31N3O6S. The molecule has 0 heterocycles. The number of carbonyl (C=O) groups is 2. The quantitative estimate of drug-likeness (QED) is 0.178. The molecule has 0 aliphatic heterocycles. The van der Waals surface area contributed by atoms with E-state index in [0.717, 1.165) is 32.6 Å². The second-order valence-corrected chi connectivity index (χ2v) is 13.0. The summed E-state index contributed by atoms with van der Waals surface area (Å²) in [5, 5.41) is 29.9. The number of hydrogen-bond acceptors (Lipinski definition) is 6. The van der Waals surface area contributed by atoms with Crippen molar-refractivity contribution >= 4 is 27.6 Å². The first kappa shape index (κ1) is 32.6. The highest BCUT2D eigenvalue weighted by Gasteiger charge is 2.27. The zero-order valence-electron chi connectivity index (χ0n) is 25.7. The van der Waals surface area contributed by atoms with Gasteiger partial charge in [-0.3, -0.25) is 4.79 Å². The first-order chi connectivity index (χ1) is 22.5. The topological polar surface area (TPSA) is 139 Å². The van der Waals surface area contributed by atoms with Gasteiger partial charge < -0.3 is 15.1 Å². The van der Waals surface area contributed by atoms with Gasteiger partial charge in [0.1, 0.15) is 11.3 Å². The average molecular weight is 646 g/mol. The molecule has 0 atom stereocenters. The van der Waals surface area contributed by atoms with Crippen LogP contribution < -0.4 is 4.90 Å². The van der Waals surface area contributed by atoms with E-state index in [9.17, 15) is 33.5 Å². The van der Waals surface area contributed by atoms with Crippen molar-refractivity contribution < 1.29 is 28.2 Å². The van der Waals surface area contributed by atoms with Crippen LogP contribution in [0.15, 0.2) is 120 Å². The number of likely N-dealkylation sites (N-methyl/N-ethyl adjacent to an activating group) is 1. The molecule has 1 amide bonds. The Hall–Kier alpha value is -5.76. The lowest BCUT2D eigenvalue weighted by Gasteiger charge is -2.26. The SMILES string of the molecule is Cc1ccc(S(=O)(=O)N(C)CC(=O)N(Cc2cccc(-c3c(C#N)cccc3-c3ccccc3)c2)c2ccc(C(=O)O)c(O)c2)cc1. The summed E-state index contributed by atoms with van der Waals surface area (Å²) in [6.07, 6.45) is 0. The largest absolute Gasteiger partial charge is 0.507 e. The lowest BCUT2D eigenvalue weighted by Crippen LogP contribution is -2.41. The third kappa shape index (κ3) is 7.07. The van der Waals surface area contributed by atoms with E-state index < -0.39 is 34.2 Å². The number of nitriles is 1. The van der Waals surface area contributed by atoms with Gasteiger partial charge in [-0.25, -0.2) is 13.2 Å². The summed E-state index contributed by atoms with van der Waals surface area (Å²) in [5.41, 5.74) is 5.05. The van der Waals surface area contributed by atoms with Crippen molar-refractivity contribution in [2.45, 2.75) is 18.4 Å². The van der Waals surface area contributed by atoms with E-state index >= 15 is 0 Å². The molecule has 0 spiro atoms. The van der Waals surface area contributed by atoms with Gasteiger partial charge in [-0.05, 0) is 65.6 Å². The second-order valence-electron chi connectivity index (χ2n) is 11.0. The average Bonchev–Trinajstić information content (AvgIpc) is 3.07. The molecule has 10 heteroatoms. The maximum Gasteiger partial charge on any atom is 0.339 e. The summed E-state index contributed by atoms with van der Waals surface area (Å²) >= 11 is 0. The second kappa shape index (κ2) is 13.7. The Labute approximate surface area is 273 Å². The molecule has 0 fully saturated rings. The first-order valence-electron chi connectivity index (χ1n) is 14.6. The zero-order chi connectivity index (χ0) is 33.7. The third-order valence-electron chi connectivity index (χ3n) is 7.74. The van der Waals surface area contributed by atoms with Gasteiger partial charge in [0, 0.05) is 24.4 Å². The fourth-order valence-corrected chi connectivity index (χ4v) is 6.39. The summed E-state index contributed by atoms with van der Waals surface area (Å²) in [6, 6.07) is 34.8. The Kier molecular flexibility index (Phi) is 9.51. The Morgan fingerprint density at radius 2 is 1.51 bits per heavy atom. The number of rotatable bonds is 10. The molecule has 0 bridgehead atoms. The van der Waals surface area contributed by atoms with Crippen LogP contribution in [-0.4, -0.2) is 48.4 Å². The lowest BCUT2D eigenvalue weighted by molar-refractivity contribution is -0.118. The van der Waals surface area contributed by atoms with Crippen LogP contribution in [0.5, 0.6) is 5.75 Å². The van der Waals surface area contributed by atoms with E-state index in [1.165, 1.54) is 36.2 Å². The Morgan fingerprint density at radius 1 is 0.830 bits per heavy atom. The monoisotopic (exact) mass is 645 g/mol. The molecule has 0 unspecified atom stereocenters. The molecule has 5 aromatic carbocycles. The smallest absolute Gasteiger partial charge is 0.339 e. The minimum Gasteiger partial charge on any atom is -0.507 e. The van der Waals surface area contributed by atoms with Crippen molar-refractivity contribution in [1.29, 1.82) is 5.26 Å². The Morgan fingerprint density at radius 3 is 2.17 bits per heavy atom. The number of carboxylic acids is 1. The van der Waals surface area contributed by atoms with E-state index in [1.807, 2.05) is 61.5 Å². The number of anilines is 1. The molecule has 0 aromatic heterocycles. The summed E-state index contributed by atoms with van der Waals surface area (Å²) in [4.78, 5) is 26.8. The number of aromatic hydroxyl groups is 1. The molecule has 236 valence electrons. The normalized spacial score (nSPS) is 11.2. The van der Waals surface area contributed by atoms with E-state index in [0.29, 0.717) is 16.7 Å². The third-order valence-corrected chi connectivity index (χ3v) is 9.56. The number of carboxylic acid groups (broad SMARTS) is 1. The molecule has 5 rings (SSSR count). The van der Waals surface area contributed by atoms with Crippen molar-refractivity contribution in [2.24, 2.45) is 0 Å². The van der Waals surface area contributed by atoms with Gasteiger partial charge in [-0.15, -0.1) is 0 Å². The highest BCUT2D eigenvalue weighted by molar-refractivity contribution is 7.89. The molecule has 0 aliphatic carbocycles. The summed E-state index contributed by atoms with van der Waals surface area (Å²) in [6.45, 7) is 1.25. The van der Waals surface area contributed by atoms with Crippen molar-refractivity contribution in [1.82, 2.24) is 4.31 Å². The van der Waals surface area contributed by atoms with Crippen LogP contribution in [0.25, 0.3) is 22.3 Å². The van der Waals surface area contributed by atoms with Crippen molar-refractivity contribution in [3.8, 4) is 34.1 Å². The van der Waals surface area contributed by atoms with Gasteiger partial charge in [0.2, 0.25) is 15.9 Å². The number of aryl methyl sites for hydroxylation is 1. The van der Waals surface area contributed by atoms with E-state index in [1.54, 1.807) is 30.3 Å². The van der Waals surface area contributed by atoms with Gasteiger partial charge >= 0.3 is 5.97 Å². The van der Waals surface area contributed by atoms with Crippen LogP contribution >= 0.6 is 0 Å². The number of aromatic carboxylic acids is 1. The van der Waals surface area contributed by atoms with Gasteiger partial charge in [0.05, 0.1) is 29.6 Å². The maximum atomic E-state index is 13.9. The number of amides is 1.